The number of nitrogens with zero attached hydrogens (tertiary/aromatic N) is 3. The fraction of sp³-hybridized carbons (Fsp3) is 0.150. The van der Waals surface area contributed by atoms with Crippen LogP contribution in [0.2, 0.25) is 0 Å². The third-order valence-corrected chi connectivity index (χ3v) is 10.7. The van der Waals surface area contributed by atoms with E-state index in [-0.39, 0.29) is 26.5 Å². The smallest absolute Gasteiger partial charge is 0.107 e. The molecule has 4 heterocycles. The number of hydrogen-bond donors (Lipinski definition) is 0. The number of benzene rings is 4. The third-order valence-electron chi connectivity index (χ3n) is 8.67. The fourth-order valence-corrected chi connectivity index (χ4v) is 8.24. The van der Waals surface area contributed by atoms with Gasteiger partial charge in [-0.3, -0.25) is 4.98 Å². The van der Waals surface area contributed by atoms with Crippen LogP contribution in [0.15, 0.2) is 109 Å². The van der Waals surface area contributed by atoms with Gasteiger partial charge in [0.1, 0.15) is 5.06 Å². The van der Waals surface area contributed by atoms with Crippen LogP contribution in [0.3, 0.4) is 0 Å². The molecule has 0 spiro atoms. The Kier molecular flexibility index (Phi) is 8.24. The molecule has 4 aromatic carbocycles. The Hall–Kier alpha value is -3.96. The maximum atomic E-state index is 6.52. The van der Waals surface area contributed by atoms with Crippen molar-refractivity contribution in [1.29, 1.82) is 0 Å². The number of ether oxygens (including phenoxy) is 1. The van der Waals surface area contributed by atoms with E-state index in [0.717, 1.165) is 38.4 Å². The predicted octanol–water partition coefficient (Wildman–Crippen LogP) is 11.7. The van der Waals surface area contributed by atoms with Gasteiger partial charge in [-0.05, 0) is 65.9 Å². The first kappa shape index (κ1) is 31.6. The van der Waals surface area contributed by atoms with Gasteiger partial charge in [0.2, 0.25) is 0 Å². The zero-order valence-electron chi connectivity index (χ0n) is 26.7. The zero-order valence-corrected chi connectivity index (χ0v) is 30.6. The Morgan fingerprint density at radius 3 is 2.34 bits per heavy atom. The quantitative estimate of drug-likeness (QED) is 0.162. The summed E-state index contributed by atoms with van der Waals surface area (Å²) in [5.74, 6) is 0.652. The van der Waals surface area contributed by atoms with Gasteiger partial charge in [-0.25, -0.2) is 0 Å². The van der Waals surface area contributed by atoms with Crippen LogP contribution in [0.25, 0.3) is 41.5 Å². The molecule has 0 amide bonds. The van der Waals surface area contributed by atoms with Crippen molar-refractivity contribution >= 4 is 64.3 Å². The van der Waals surface area contributed by atoms with Crippen molar-refractivity contribution in [3.05, 3.63) is 133 Å². The second kappa shape index (κ2) is 12.2. The molecular weight excluding hydrogens is 798 g/mol. The molecule has 8 rings (SSSR count). The monoisotopic (exact) mass is 829 g/mol. The van der Waals surface area contributed by atoms with Gasteiger partial charge in [-0.2, -0.15) is 22.8 Å². The number of pyridine rings is 1. The molecule has 0 saturated heterocycles. The molecule has 47 heavy (non-hydrogen) atoms. The molecule has 0 fully saturated rings. The van der Waals surface area contributed by atoms with Gasteiger partial charge in [0.15, 0.2) is 0 Å². The molecule has 0 radical (unpaired) electrons. The summed E-state index contributed by atoms with van der Waals surface area (Å²) in [5.41, 5.74) is 7.70. The first-order chi connectivity index (χ1) is 22.2. The van der Waals surface area contributed by atoms with Crippen LogP contribution in [0.5, 0.6) is 10.8 Å². The number of fused-ring (bicyclic) bond motifs is 4. The maximum absolute atomic E-state index is 6.52. The molecule has 0 unspecified atom stereocenters. The zero-order chi connectivity index (χ0) is 31.6. The van der Waals surface area contributed by atoms with E-state index in [4.69, 9.17) is 9.72 Å². The van der Waals surface area contributed by atoms with E-state index in [1.165, 1.54) is 31.4 Å². The number of thiophene rings is 2. The average Bonchev–Trinajstić information content (AvgIpc) is 3.72. The van der Waals surface area contributed by atoms with Crippen molar-refractivity contribution in [2.75, 3.05) is 9.80 Å². The first-order valence-electron chi connectivity index (χ1n) is 15.4. The Balaban J connectivity index is 0.00000351. The predicted molar refractivity (Wildman–Crippen MR) is 195 cm³/mol. The summed E-state index contributed by atoms with van der Waals surface area (Å²) >= 11 is 3.44. The summed E-state index contributed by atoms with van der Waals surface area (Å²) < 4.78 is 10.2. The summed E-state index contributed by atoms with van der Waals surface area (Å²) in [6.07, 6.45) is 1.94. The molecule has 1 aliphatic rings. The van der Waals surface area contributed by atoms with E-state index in [9.17, 15) is 0 Å². The van der Waals surface area contributed by atoms with Crippen LogP contribution in [0.1, 0.15) is 40.2 Å². The topological polar surface area (TPSA) is 28.6 Å². The van der Waals surface area contributed by atoms with Crippen molar-refractivity contribution in [2.45, 2.75) is 40.0 Å². The molecule has 0 N–H and O–H groups in total. The van der Waals surface area contributed by atoms with Crippen molar-refractivity contribution < 1.29 is 25.8 Å². The number of rotatable bonds is 5. The van der Waals surface area contributed by atoms with Crippen LogP contribution in [0.4, 0.5) is 11.4 Å². The molecule has 0 bridgehead atoms. The van der Waals surface area contributed by atoms with E-state index in [1.54, 1.807) is 11.3 Å². The van der Waals surface area contributed by atoms with Crippen LogP contribution >= 0.6 is 22.7 Å². The minimum absolute atomic E-state index is 0. The molecule has 0 aliphatic carbocycles. The molecule has 238 valence electrons. The van der Waals surface area contributed by atoms with Crippen molar-refractivity contribution in [3.63, 3.8) is 0 Å². The Bertz CT molecular complexity index is 2300. The van der Waals surface area contributed by atoms with Gasteiger partial charge in [0, 0.05) is 65.2 Å². The van der Waals surface area contributed by atoms with E-state index in [1.807, 2.05) is 35.7 Å². The van der Waals surface area contributed by atoms with Gasteiger partial charge in [0.05, 0.1) is 0 Å². The van der Waals surface area contributed by atoms with Gasteiger partial charge in [-0.1, -0.05) is 73.5 Å². The van der Waals surface area contributed by atoms with Crippen molar-refractivity contribution in [3.8, 4) is 22.1 Å². The van der Waals surface area contributed by atoms with Gasteiger partial charge in [-0.15, -0.1) is 48.0 Å². The maximum Gasteiger partial charge on any atom is 0.107 e. The Labute approximate surface area is 298 Å². The van der Waals surface area contributed by atoms with Gasteiger partial charge in [0.25, 0.3) is 0 Å². The van der Waals surface area contributed by atoms with Gasteiger partial charge >= 0.3 is 0 Å². The average molecular weight is 830 g/mol. The fourth-order valence-electron chi connectivity index (χ4n) is 6.10. The number of anilines is 2. The molecule has 0 saturated carbocycles. The van der Waals surface area contributed by atoms with E-state index in [2.05, 4.69) is 136 Å². The van der Waals surface area contributed by atoms with E-state index < -0.39 is 0 Å². The minimum atomic E-state index is 0. The largest absolute Gasteiger partial charge is 0.497 e. The number of aromatic nitrogens is 1. The van der Waals surface area contributed by atoms with Crippen LogP contribution in [0, 0.1) is 18.8 Å². The molecule has 1 aliphatic heterocycles. The molecule has 4 nitrogen and oxygen atoms in total. The SMILES string of the molecule is CC1=C(C)N(c2ccccc2)[CH-]N1c1[c-]c(Oc2[c-]c3c(-c4cc(C(C)(C)C)ccn4)c4c(cc3s2)sc2ccccc24)ccc1.[Pt]. The minimum Gasteiger partial charge on any atom is -0.497 e. The number of hydrogen-bond acceptors (Lipinski definition) is 6. The van der Waals surface area contributed by atoms with Crippen LogP contribution < -0.4 is 14.5 Å². The van der Waals surface area contributed by atoms with Crippen molar-refractivity contribution in [2.24, 2.45) is 0 Å². The molecule has 7 heteroatoms. The van der Waals surface area contributed by atoms with E-state index in [0.29, 0.717) is 10.8 Å². The molecule has 0 atom stereocenters. The Morgan fingerprint density at radius 2 is 1.53 bits per heavy atom. The standard InChI is InChI=1S/C40H32N3OS2.Pt/c1-25-26(2)43(24-42(25)28-12-7-6-8-13-28)29-14-11-15-30(21-29)44-37-22-32-35(46-37)23-36-39(31-16-9-10-17-34(31)45-36)38(32)33-20-27(18-19-41-33)40(3,4)5;/h6-20,23-24H,1-5H3;/q-3;. The van der Waals surface area contributed by atoms with E-state index >= 15 is 0 Å². The number of allylic oxidation sites excluding steroid dienone is 2. The third kappa shape index (κ3) is 5.67. The molecular formula is C40H32N3OPtS2-3. The molecule has 7 aromatic rings. The van der Waals surface area contributed by atoms with Crippen LogP contribution in [-0.2, 0) is 26.5 Å². The number of para-hydroxylation sites is 1. The normalized spacial score (nSPS) is 13.6. The summed E-state index contributed by atoms with van der Waals surface area (Å²) in [6, 6.07) is 38.9. The first-order valence-corrected chi connectivity index (χ1v) is 17.0. The van der Waals surface area contributed by atoms with Crippen LogP contribution in [-0.4, -0.2) is 4.98 Å². The summed E-state index contributed by atoms with van der Waals surface area (Å²) in [4.78, 5) is 9.29. The molecule has 3 aromatic heterocycles. The Morgan fingerprint density at radius 1 is 0.766 bits per heavy atom. The summed E-state index contributed by atoms with van der Waals surface area (Å²) in [7, 11) is 0. The van der Waals surface area contributed by atoms with Gasteiger partial charge < -0.3 is 14.5 Å². The second-order valence-corrected chi connectivity index (χ2v) is 14.8. The summed E-state index contributed by atoms with van der Waals surface area (Å²) in [6.45, 7) is 13.1. The summed E-state index contributed by atoms with van der Waals surface area (Å²) in [5, 5.41) is 4.21. The van der Waals surface area contributed by atoms with Crippen molar-refractivity contribution in [1.82, 2.24) is 4.98 Å². The second-order valence-electron chi connectivity index (χ2n) is 12.7.